The molecule has 4 saturated carbocycles. The van der Waals surface area contributed by atoms with E-state index in [-0.39, 0.29) is 6.10 Å². The molecule has 1 nitrogen and oxygen atoms in total. The Morgan fingerprint density at radius 2 is 1.64 bits per heavy atom. The number of hydrogen-bond donors (Lipinski definition) is 1. The van der Waals surface area contributed by atoms with Gasteiger partial charge in [0.05, 0.1) is 6.10 Å². The molecule has 0 heterocycles. The molecule has 0 saturated heterocycles. The smallest absolute Gasteiger partial charge is 0.0543 e. The molecule has 0 amide bonds. The second kappa shape index (κ2) is 5.10. The molecule has 0 aromatic rings. The molecule has 4 aliphatic rings. The predicted molar refractivity (Wildman–Crippen MR) is 91.4 cm³/mol. The van der Waals surface area contributed by atoms with E-state index < -0.39 is 0 Å². The van der Waals surface area contributed by atoms with E-state index in [2.05, 4.69) is 26.5 Å². The third-order valence-electron chi connectivity index (χ3n) is 9.00. The van der Waals surface area contributed by atoms with E-state index >= 15 is 0 Å². The van der Waals surface area contributed by atoms with Gasteiger partial charge in [-0.05, 0) is 98.2 Å². The number of aliphatic hydroxyl groups is 1. The van der Waals surface area contributed by atoms with Gasteiger partial charge in [-0.1, -0.05) is 19.9 Å². The molecule has 4 fully saturated rings. The topological polar surface area (TPSA) is 20.2 Å². The molecule has 0 aromatic heterocycles. The van der Waals surface area contributed by atoms with Crippen molar-refractivity contribution in [2.75, 3.05) is 0 Å². The van der Waals surface area contributed by atoms with Gasteiger partial charge in [-0.25, -0.2) is 0 Å². The summed E-state index contributed by atoms with van der Waals surface area (Å²) in [6.45, 7) is 9.30. The molecule has 0 bridgehead atoms. The first-order valence-corrected chi connectivity index (χ1v) is 9.79. The van der Waals surface area contributed by atoms with Gasteiger partial charge in [-0.15, -0.1) is 6.58 Å². The predicted octanol–water partition coefficient (Wildman–Crippen LogP) is 5.19. The van der Waals surface area contributed by atoms with Crippen molar-refractivity contribution in [1.82, 2.24) is 0 Å². The quantitative estimate of drug-likeness (QED) is 0.661. The van der Waals surface area contributed by atoms with E-state index in [0.717, 1.165) is 42.4 Å². The largest absolute Gasteiger partial charge is 0.393 e. The Morgan fingerprint density at radius 1 is 0.909 bits per heavy atom. The molecule has 4 unspecified atom stereocenters. The van der Waals surface area contributed by atoms with Crippen LogP contribution >= 0.6 is 0 Å². The second-order valence-electron chi connectivity index (χ2n) is 9.55. The minimum atomic E-state index is -0.0138. The van der Waals surface area contributed by atoms with Crippen molar-refractivity contribution in [2.24, 2.45) is 40.4 Å². The van der Waals surface area contributed by atoms with Crippen LogP contribution in [-0.2, 0) is 0 Å². The summed E-state index contributed by atoms with van der Waals surface area (Å²) >= 11 is 0. The zero-order valence-corrected chi connectivity index (χ0v) is 14.6. The average molecular weight is 303 g/mol. The normalized spacial score (nSPS) is 57.6. The number of hydrogen-bond acceptors (Lipinski definition) is 1. The van der Waals surface area contributed by atoms with Gasteiger partial charge in [0.25, 0.3) is 0 Å². The number of allylic oxidation sites excluding steroid dienone is 1. The molecule has 0 aliphatic heterocycles. The zero-order chi connectivity index (χ0) is 15.5. The lowest BCUT2D eigenvalue weighted by molar-refractivity contribution is -0.124. The van der Waals surface area contributed by atoms with Crippen LogP contribution in [0.4, 0.5) is 0 Å². The third-order valence-corrected chi connectivity index (χ3v) is 9.00. The van der Waals surface area contributed by atoms with Crippen LogP contribution in [0.5, 0.6) is 0 Å². The van der Waals surface area contributed by atoms with Gasteiger partial charge >= 0.3 is 0 Å². The Morgan fingerprint density at radius 3 is 2.41 bits per heavy atom. The van der Waals surface area contributed by atoms with Crippen LogP contribution in [0.2, 0.25) is 0 Å². The van der Waals surface area contributed by atoms with Gasteiger partial charge in [0.1, 0.15) is 0 Å². The van der Waals surface area contributed by atoms with E-state index in [0.29, 0.717) is 10.8 Å². The van der Waals surface area contributed by atoms with Crippen LogP contribution < -0.4 is 0 Å². The first kappa shape index (κ1) is 15.2. The van der Waals surface area contributed by atoms with Crippen LogP contribution in [-0.4, -0.2) is 11.2 Å². The Hall–Kier alpha value is -0.300. The Balaban J connectivity index is 1.62. The molecule has 0 spiro atoms. The molecule has 124 valence electrons. The SMILES string of the molecule is C=C[C@H]1CCC2C3CC[C@@H]4CC(O)CC[C@]4(C)C3CC[C@@]21C. The van der Waals surface area contributed by atoms with E-state index in [4.69, 9.17) is 0 Å². The Kier molecular flexibility index (Phi) is 3.53. The van der Waals surface area contributed by atoms with Crippen molar-refractivity contribution in [3.8, 4) is 0 Å². The summed E-state index contributed by atoms with van der Waals surface area (Å²) in [7, 11) is 0. The molecule has 22 heavy (non-hydrogen) atoms. The average Bonchev–Trinajstić information content (AvgIpc) is 2.84. The van der Waals surface area contributed by atoms with E-state index in [1.54, 1.807) is 0 Å². The van der Waals surface area contributed by atoms with Crippen LogP contribution in [0.1, 0.15) is 71.6 Å². The minimum Gasteiger partial charge on any atom is -0.393 e. The van der Waals surface area contributed by atoms with Gasteiger partial charge in [-0.3, -0.25) is 0 Å². The fourth-order valence-electron chi connectivity index (χ4n) is 7.66. The standard InChI is InChI=1S/C21H34O/c1-4-14-6-8-18-17-7-5-15-13-16(22)9-11-21(15,3)19(17)10-12-20(14,18)2/h4,14-19,22H,1,5-13H2,2-3H3/t14-,15+,16?,17?,18?,19?,20+,21-/m0/s1. The molecule has 4 aliphatic carbocycles. The van der Waals surface area contributed by atoms with Gasteiger partial charge in [0.15, 0.2) is 0 Å². The second-order valence-corrected chi connectivity index (χ2v) is 9.55. The maximum absolute atomic E-state index is 10.1. The van der Waals surface area contributed by atoms with Crippen molar-refractivity contribution in [1.29, 1.82) is 0 Å². The lowest BCUT2D eigenvalue weighted by Gasteiger charge is -2.60. The highest BCUT2D eigenvalue weighted by atomic mass is 16.3. The fraction of sp³-hybridized carbons (Fsp3) is 0.905. The van der Waals surface area contributed by atoms with Crippen LogP contribution in [0.3, 0.4) is 0 Å². The summed E-state index contributed by atoms with van der Waals surface area (Å²) in [5.41, 5.74) is 1.07. The summed E-state index contributed by atoms with van der Waals surface area (Å²) in [5, 5.41) is 10.1. The fourth-order valence-corrected chi connectivity index (χ4v) is 7.66. The summed E-state index contributed by atoms with van der Waals surface area (Å²) in [6, 6.07) is 0. The molecule has 0 aromatic carbocycles. The molecule has 8 atom stereocenters. The summed E-state index contributed by atoms with van der Waals surface area (Å²) in [6.07, 6.45) is 14.1. The maximum atomic E-state index is 10.1. The van der Waals surface area contributed by atoms with Crippen molar-refractivity contribution in [2.45, 2.75) is 77.7 Å². The molecule has 0 radical (unpaired) electrons. The maximum Gasteiger partial charge on any atom is 0.0543 e. The van der Waals surface area contributed by atoms with Gasteiger partial charge in [0, 0.05) is 0 Å². The van der Waals surface area contributed by atoms with Crippen LogP contribution in [0, 0.1) is 40.4 Å². The van der Waals surface area contributed by atoms with E-state index in [9.17, 15) is 5.11 Å². The van der Waals surface area contributed by atoms with Gasteiger partial charge < -0.3 is 5.11 Å². The first-order chi connectivity index (χ1) is 10.5. The Labute approximate surface area is 136 Å². The number of aliphatic hydroxyl groups excluding tert-OH is 1. The van der Waals surface area contributed by atoms with Gasteiger partial charge in [0.2, 0.25) is 0 Å². The first-order valence-electron chi connectivity index (χ1n) is 9.79. The minimum absolute atomic E-state index is 0.0138. The van der Waals surface area contributed by atoms with E-state index in [1.807, 2.05) is 0 Å². The molecule has 1 heteroatoms. The van der Waals surface area contributed by atoms with Crippen LogP contribution in [0.15, 0.2) is 12.7 Å². The van der Waals surface area contributed by atoms with Crippen molar-refractivity contribution in [3.05, 3.63) is 12.7 Å². The monoisotopic (exact) mass is 302 g/mol. The lowest BCUT2D eigenvalue weighted by Crippen LogP contribution is -2.53. The third kappa shape index (κ3) is 1.93. The van der Waals surface area contributed by atoms with Gasteiger partial charge in [-0.2, -0.15) is 0 Å². The summed E-state index contributed by atoms with van der Waals surface area (Å²) in [5.74, 6) is 4.38. The highest BCUT2D eigenvalue weighted by Crippen LogP contribution is 2.67. The molecular formula is C21H34O. The summed E-state index contributed by atoms with van der Waals surface area (Å²) < 4.78 is 0. The number of rotatable bonds is 1. The zero-order valence-electron chi connectivity index (χ0n) is 14.6. The molecular weight excluding hydrogens is 268 g/mol. The summed E-state index contributed by atoms with van der Waals surface area (Å²) in [4.78, 5) is 0. The van der Waals surface area contributed by atoms with Crippen LogP contribution in [0.25, 0.3) is 0 Å². The highest BCUT2D eigenvalue weighted by Gasteiger charge is 2.59. The molecule has 4 rings (SSSR count). The molecule has 1 N–H and O–H groups in total. The Bertz CT molecular complexity index is 457. The van der Waals surface area contributed by atoms with E-state index in [1.165, 1.54) is 44.9 Å². The lowest BCUT2D eigenvalue weighted by atomic mass is 9.44. The van der Waals surface area contributed by atoms with Crippen molar-refractivity contribution in [3.63, 3.8) is 0 Å². The van der Waals surface area contributed by atoms with Crippen molar-refractivity contribution >= 4 is 0 Å². The highest BCUT2D eigenvalue weighted by molar-refractivity contribution is 5.11. The number of fused-ring (bicyclic) bond motifs is 5. The van der Waals surface area contributed by atoms with Crippen molar-refractivity contribution < 1.29 is 5.11 Å².